The zero-order chi connectivity index (χ0) is 33.7. The molecule has 10 aromatic rings. The molecule has 3 heteroatoms. The highest BCUT2D eigenvalue weighted by Gasteiger charge is 2.20. The molecule has 2 aromatic heterocycles. The van der Waals surface area contributed by atoms with E-state index in [1.165, 1.54) is 5.56 Å². The van der Waals surface area contributed by atoms with Crippen LogP contribution in [0, 0.1) is 0 Å². The first kappa shape index (κ1) is 29.1. The molecule has 0 radical (unpaired) electrons. The van der Waals surface area contributed by atoms with Crippen LogP contribution in [-0.4, -0.2) is 0 Å². The molecule has 240 valence electrons. The number of hydrogen-bond donors (Lipinski definition) is 0. The van der Waals surface area contributed by atoms with Gasteiger partial charge < -0.3 is 13.7 Å². The van der Waals surface area contributed by atoms with Gasteiger partial charge >= 0.3 is 0 Å². The van der Waals surface area contributed by atoms with E-state index in [-0.39, 0.29) is 0 Å². The molecule has 0 aliphatic carbocycles. The van der Waals surface area contributed by atoms with Crippen LogP contribution in [0.15, 0.2) is 197 Å². The molecule has 0 N–H and O–H groups in total. The fraction of sp³-hybridized carbons (Fsp3) is 0. The Labute approximate surface area is 295 Å². The van der Waals surface area contributed by atoms with Gasteiger partial charge in [-0.15, -0.1) is 0 Å². The smallest absolute Gasteiger partial charge is 0.159 e. The molecule has 0 saturated heterocycles. The molecule has 0 bridgehead atoms. The van der Waals surface area contributed by atoms with E-state index in [4.69, 9.17) is 8.83 Å². The van der Waals surface area contributed by atoms with Crippen molar-refractivity contribution >= 4 is 60.9 Å². The highest BCUT2D eigenvalue weighted by molar-refractivity contribution is 6.11. The van der Waals surface area contributed by atoms with Gasteiger partial charge in [-0.05, 0) is 76.3 Å². The van der Waals surface area contributed by atoms with Gasteiger partial charge in [0.15, 0.2) is 5.58 Å². The zero-order valence-corrected chi connectivity index (χ0v) is 27.7. The summed E-state index contributed by atoms with van der Waals surface area (Å²) in [6.07, 6.45) is 0. The number of anilines is 3. The van der Waals surface area contributed by atoms with E-state index in [0.717, 1.165) is 88.8 Å². The Morgan fingerprint density at radius 3 is 1.71 bits per heavy atom. The van der Waals surface area contributed by atoms with Gasteiger partial charge in [0.1, 0.15) is 16.7 Å². The quantitative estimate of drug-likeness (QED) is 0.179. The Kier molecular flexibility index (Phi) is 6.81. The summed E-state index contributed by atoms with van der Waals surface area (Å²) in [5, 5.41) is 4.44. The topological polar surface area (TPSA) is 29.5 Å². The number of nitrogens with zero attached hydrogens (tertiary/aromatic N) is 1. The molecule has 0 saturated carbocycles. The van der Waals surface area contributed by atoms with Crippen molar-refractivity contribution in [2.45, 2.75) is 0 Å². The molecular formula is C48H31NO2. The lowest BCUT2D eigenvalue weighted by Gasteiger charge is -2.26. The summed E-state index contributed by atoms with van der Waals surface area (Å²) in [7, 11) is 0. The Morgan fingerprint density at radius 1 is 0.314 bits per heavy atom. The number of rotatable bonds is 6. The average Bonchev–Trinajstić information content (AvgIpc) is 3.78. The van der Waals surface area contributed by atoms with Crippen molar-refractivity contribution in [2.24, 2.45) is 0 Å². The third-order valence-electron chi connectivity index (χ3n) is 9.88. The van der Waals surface area contributed by atoms with Crippen LogP contribution in [0.1, 0.15) is 0 Å². The fourth-order valence-corrected chi connectivity index (χ4v) is 7.42. The number of hydrogen-bond acceptors (Lipinski definition) is 3. The summed E-state index contributed by atoms with van der Waals surface area (Å²) in [6, 6.07) is 66.1. The van der Waals surface area contributed by atoms with Crippen molar-refractivity contribution in [3.8, 4) is 33.4 Å². The summed E-state index contributed by atoms with van der Waals surface area (Å²) in [5.41, 5.74) is 13.5. The van der Waals surface area contributed by atoms with Crippen molar-refractivity contribution in [1.29, 1.82) is 0 Å². The molecule has 0 fully saturated rings. The standard InChI is InChI=1S/C48H31NO2/c1-3-12-32(13-4-1)35-16-9-17-38(30-35)49(44-22-11-21-41-40-18-7-8-23-45(40)51-48(41)44)37-27-24-33(25-28-37)36-26-29-46-43(31-36)42-20-10-19-39(47(42)50-46)34-14-5-2-6-15-34/h1-31H. The van der Waals surface area contributed by atoms with Crippen LogP contribution in [-0.2, 0) is 0 Å². The van der Waals surface area contributed by atoms with E-state index in [0.29, 0.717) is 0 Å². The summed E-state index contributed by atoms with van der Waals surface area (Å²) in [5.74, 6) is 0. The summed E-state index contributed by atoms with van der Waals surface area (Å²) in [6.45, 7) is 0. The van der Waals surface area contributed by atoms with Crippen LogP contribution in [0.2, 0.25) is 0 Å². The van der Waals surface area contributed by atoms with Gasteiger partial charge in [-0.25, -0.2) is 0 Å². The third kappa shape index (κ3) is 4.98. The van der Waals surface area contributed by atoms with Crippen LogP contribution < -0.4 is 4.90 Å². The molecule has 0 aliphatic rings. The highest BCUT2D eigenvalue weighted by atomic mass is 16.3. The Balaban J connectivity index is 1.09. The second kappa shape index (κ2) is 11.9. The van der Waals surface area contributed by atoms with Crippen LogP contribution in [0.5, 0.6) is 0 Å². The van der Waals surface area contributed by atoms with Gasteiger partial charge in [-0.2, -0.15) is 0 Å². The lowest BCUT2D eigenvalue weighted by Crippen LogP contribution is -2.10. The van der Waals surface area contributed by atoms with Crippen LogP contribution >= 0.6 is 0 Å². The van der Waals surface area contributed by atoms with E-state index in [2.05, 4.69) is 175 Å². The SMILES string of the molecule is c1ccc(-c2cccc(N(c3ccc(-c4ccc5oc6c(-c7ccccc7)cccc6c5c4)cc3)c3cccc4c3oc3ccccc34)c2)cc1. The molecule has 0 unspecified atom stereocenters. The number of furan rings is 2. The minimum atomic E-state index is 0.861. The molecule has 0 spiro atoms. The minimum Gasteiger partial charge on any atom is -0.455 e. The van der Waals surface area contributed by atoms with Crippen LogP contribution in [0.3, 0.4) is 0 Å². The lowest BCUT2D eigenvalue weighted by molar-refractivity contribution is 0.669. The number of benzene rings is 8. The first-order chi connectivity index (χ1) is 25.3. The first-order valence-electron chi connectivity index (χ1n) is 17.3. The van der Waals surface area contributed by atoms with E-state index in [9.17, 15) is 0 Å². The van der Waals surface area contributed by atoms with Gasteiger partial charge in [-0.3, -0.25) is 0 Å². The van der Waals surface area contributed by atoms with Crippen molar-refractivity contribution in [3.05, 3.63) is 188 Å². The van der Waals surface area contributed by atoms with Crippen molar-refractivity contribution in [1.82, 2.24) is 0 Å². The zero-order valence-electron chi connectivity index (χ0n) is 27.7. The largest absolute Gasteiger partial charge is 0.455 e. The van der Waals surface area contributed by atoms with Gasteiger partial charge in [0.2, 0.25) is 0 Å². The molecule has 51 heavy (non-hydrogen) atoms. The molecular weight excluding hydrogens is 623 g/mol. The normalized spacial score (nSPS) is 11.5. The molecule has 8 aromatic carbocycles. The third-order valence-corrected chi connectivity index (χ3v) is 9.88. The minimum absolute atomic E-state index is 0.861. The van der Waals surface area contributed by atoms with E-state index < -0.39 is 0 Å². The maximum atomic E-state index is 6.57. The molecule has 10 rings (SSSR count). The second-order valence-electron chi connectivity index (χ2n) is 12.9. The van der Waals surface area contributed by atoms with E-state index in [1.54, 1.807) is 0 Å². The van der Waals surface area contributed by atoms with Crippen molar-refractivity contribution in [3.63, 3.8) is 0 Å². The second-order valence-corrected chi connectivity index (χ2v) is 12.9. The van der Waals surface area contributed by atoms with Crippen LogP contribution in [0.4, 0.5) is 17.1 Å². The number of para-hydroxylation sites is 3. The maximum absolute atomic E-state index is 6.57. The molecule has 2 heterocycles. The lowest BCUT2D eigenvalue weighted by atomic mass is 10.00. The van der Waals surface area contributed by atoms with Crippen LogP contribution in [0.25, 0.3) is 77.3 Å². The Morgan fingerprint density at radius 2 is 0.882 bits per heavy atom. The maximum Gasteiger partial charge on any atom is 0.159 e. The predicted octanol–water partition coefficient (Wildman–Crippen LogP) is 14.0. The van der Waals surface area contributed by atoms with E-state index in [1.807, 2.05) is 18.2 Å². The average molecular weight is 654 g/mol. The Bertz CT molecular complexity index is 2850. The highest BCUT2D eigenvalue weighted by Crippen LogP contribution is 2.44. The van der Waals surface area contributed by atoms with Gasteiger partial charge in [0.05, 0.1) is 5.69 Å². The summed E-state index contributed by atoms with van der Waals surface area (Å²) in [4.78, 5) is 2.30. The molecule has 0 atom stereocenters. The van der Waals surface area contributed by atoms with Gasteiger partial charge in [0.25, 0.3) is 0 Å². The van der Waals surface area contributed by atoms with Gasteiger partial charge in [-0.1, -0.05) is 140 Å². The van der Waals surface area contributed by atoms with Crippen molar-refractivity contribution in [2.75, 3.05) is 4.90 Å². The van der Waals surface area contributed by atoms with Gasteiger partial charge in [0, 0.05) is 38.5 Å². The number of fused-ring (bicyclic) bond motifs is 6. The molecule has 0 aliphatic heterocycles. The fourth-order valence-electron chi connectivity index (χ4n) is 7.42. The molecule has 3 nitrogen and oxygen atoms in total. The summed E-state index contributed by atoms with van der Waals surface area (Å²) < 4.78 is 13.0. The Hall–Kier alpha value is -6.84. The summed E-state index contributed by atoms with van der Waals surface area (Å²) >= 11 is 0. The van der Waals surface area contributed by atoms with E-state index >= 15 is 0 Å². The van der Waals surface area contributed by atoms with Crippen molar-refractivity contribution < 1.29 is 8.83 Å². The monoisotopic (exact) mass is 653 g/mol. The predicted molar refractivity (Wildman–Crippen MR) is 212 cm³/mol. The first-order valence-corrected chi connectivity index (χ1v) is 17.3. The molecule has 0 amide bonds.